The summed E-state index contributed by atoms with van der Waals surface area (Å²) in [7, 11) is 0. The number of furan rings is 2. The zero-order valence-corrected chi connectivity index (χ0v) is 26.5. The van der Waals surface area contributed by atoms with Crippen LogP contribution in [0.25, 0.3) is 76.9 Å². The zero-order chi connectivity index (χ0) is 32.3. The summed E-state index contributed by atoms with van der Waals surface area (Å²) in [6.07, 6.45) is 0. The summed E-state index contributed by atoms with van der Waals surface area (Å²) in [5, 5.41) is 6.70. The highest BCUT2D eigenvalue weighted by Crippen LogP contribution is 2.48. The van der Waals surface area contributed by atoms with E-state index in [-0.39, 0.29) is 0 Å². The van der Waals surface area contributed by atoms with E-state index in [1.54, 1.807) is 0 Å². The summed E-state index contributed by atoms with van der Waals surface area (Å²) in [4.78, 5) is 2.36. The van der Waals surface area contributed by atoms with Crippen molar-refractivity contribution in [3.05, 3.63) is 176 Å². The van der Waals surface area contributed by atoms with Crippen molar-refractivity contribution in [2.45, 2.75) is 0 Å². The fourth-order valence-corrected chi connectivity index (χ4v) is 7.29. The molecule has 0 saturated heterocycles. The molecule has 0 amide bonds. The van der Waals surface area contributed by atoms with E-state index in [1.165, 1.54) is 16.5 Å². The summed E-state index contributed by atoms with van der Waals surface area (Å²) < 4.78 is 13.1. The first-order chi connectivity index (χ1) is 24.3. The third-order valence-electron chi connectivity index (χ3n) is 9.64. The van der Waals surface area contributed by atoms with E-state index in [1.807, 2.05) is 18.2 Å². The SMILES string of the molecule is c1ccc(-c2ccc3cc(N(c4ccc5oc6ccccc6c5c4)c4c(-c5ccccc5)ccc5c4oc4ccccc45)ccc3c2)cc1. The van der Waals surface area contributed by atoms with Gasteiger partial charge >= 0.3 is 0 Å². The molecule has 0 aliphatic rings. The molecule has 0 radical (unpaired) electrons. The van der Waals surface area contributed by atoms with E-state index in [4.69, 9.17) is 8.83 Å². The van der Waals surface area contributed by atoms with Gasteiger partial charge in [-0.2, -0.15) is 0 Å². The maximum atomic E-state index is 6.80. The average molecular weight is 628 g/mol. The van der Waals surface area contributed by atoms with Crippen LogP contribution in [0, 0.1) is 0 Å². The Hall–Kier alpha value is -6.58. The molecular formula is C46H29NO2. The van der Waals surface area contributed by atoms with Crippen molar-refractivity contribution in [1.82, 2.24) is 0 Å². The van der Waals surface area contributed by atoms with Gasteiger partial charge in [-0.25, -0.2) is 0 Å². The molecule has 3 heteroatoms. The van der Waals surface area contributed by atoms with Crippen LogP contribution < -0.4 is 4.90 Å². The fourth-order valence-electron chi connectivity index (χ4n) is 7.29. The summed E-state index contributed by atoms with van der Waals surface area (Å²) in [6.45, 7) is 0. The van der Waals surface area contributed by atoms with Crippen LogP contribution in [-0.2, 0) is 0 Å². The predicted octanol–water partition coefficient (Wildman–Crippen LogP) is 13.4. The molecule has 2 heterocycles. The molecule has 0 atom stereocenters. The third kappa shape index (κ3) is 4.51. The number of fused-ring (bicyclic) bond motifs is 7. The number of rotatable bonds is 5. The first-order valence-corrected chi connectivity index (χ1v) is 16.6. The molecule has 0 aliphatic carbocycles. The van der Waals surface area contributed by atoms with Gasteiger partial charge in [0.15, 0.2) is 5.58 Å². The van der Waals surface area contributed by atoms with Gasteiger partial charge in [0.1, 0.15) is 16.7 Å². The number of hydrogen-bond donors (Lipinski definition) is 0. The minimum absolute atomic E-state index is 0.847. The maximum Gasteiger partial charge on any atom is 0.160 e. The van der Waals surface area contributed by atoms with Crippen molar-refractivity contribution >= 4 is 71.7 Å². The molecule has 0 bridgehead atoms. The maximum absolute atomic E-state index is 6.80. The third-order valence-corrected chi connectivity index (χ3v) is 9.64. The quantitative estimate of drug-likeness (QED) is 0.190. The highest BCUT2D eigenvalue weighted by atomic mass is 16.3. The number of nitrogens with zero attached hydrogens (tertiary/aromatic N) is 1. The monoisotopic (exact) mass is 627 g/mol. The van der Waals surface area contributed by atoms with Gasteiger partial charge in [0, 0.05) is 38.5 Å². The van der Waals surface area contributed by atoms with Crippen LogP contribution in [0.2, 0.25) is 0 Å². The van der Waals surface area contributed by atoms with E-state index in [2.05, 4.69) is 163 Å². The second kappa shape index (κ2) is 11.0. The topological polar surface area (TPSA) is 29.5 Å². The van der Waals surface area contributed by atoms with Crippen molar-refractivity contribution in [2.75, 3.05) is 4.90 Å². The minimum Gasteiger partial charge on any atom is -0.456 e. The first-order valence-electron chi connectivity index (χ1n) is 16.6. The van der Waals surface area contributed by atoms with Gasteiger partial charge in [-0.15, -0.1) is 0 Å². The molecule has 2 aromatic heterocycles. The number of anilines is 3. The number of para-hydroxylation sites is 2. The minimum atomic E-state index is 0.847. The summed E-state index contributed by atoms with van der Waals surface area (Å²) in [6, 6.07) is 62.1. The summed E-state index contributed by atoms with van der Waals surface area (Å²) in [5.41, 5.74) is 11.1. The Morgan fingerprint density at radius 2 is 0.939 bits per heavy atom. The second-order valence-electron chi connectivity index (χ2n) is 12.5. The Kier molecular flexibility index (Phi) is 6.18. The Labute approximate surface area is 282 Å². The molecule has 0 saturated carbocycles. The fraction of sp³-hybridized carbons (Fsp3) is 0. The van der Waals surface area contributed by atoms with Crippen molar-refractivity contribution in [1.29, 1.82) is 0 Å². The van der Waals surface area contributed by atoms with Crippen LogP contribution in [0.4, 0.5) is 17.1 Å². The van der Waals surface area contributed by atoms with E-state index >= 15 is 0 Å². The van der Waals surface area contributed by atoms with E-state index in [0.717, 1.165) is 77.5 Å². The van der Waals surface area contributed by atoms with Gasteiger partial charge in [0.05, 0.1) is 5.69 Å². The van der Waals surface area contributed by atoms with Crippen molar-refractivity contribution in [3.63, 3.8) is 0 Å². The lowest BCUT2D eigenvalue weighted by Crippen LogP contribution is -2.11. The molecule has 0 spiro atoms. The highest BCUT2D eigenvalue weighted by Gasteiger charge is 2.25. The molecule has 0 aliphatic heterocycles. The molecule has 10 rings (SSSR count). The van der Waals surface area contributed by atoms with Crippen LogP contribution in [-0.4, -0.2) is 0 Å². The van der Waals surface area contributed by atoms with Gasteiger partial charge in [-0.05, 0) is 82.1 Å². The Bertz CT molecular complexity index is 2830. The van der Waals surface area contributed by atoms with Gasteiger partial charge in [0.2, 0.25) is 0 Å². The van der Waals surface area contributed by atoms with E-state index in [9.17, 15) is 0 Å². The van der Waals surface area contributed by atoms with Gasteiger partial charge in [0.25, 0.3) is 0 Å². The molecule has 8 aromatic carbocycles. The standard InChI is InChI=1S/C46H29NO2/c1-3-11-30(12-4-1)32-19-20-34-28-35(22-21-33(34)27-32)47(36-23-26-44-41(29-36)39-16-8-9-17-42(39)48-44)45-37(31-13-5-2-6-14-31)24-25-40-38-15-7-10-18-43(38)49-46(40)45/h1-29H. The van der Waals surface area contributed by atoms with Gasteiger partial charge in [-0.3, -0.25) is 0 Å². The van der Waals surface area contributed by atoms with Crippen LogP contribution in [0.1, 0.15) is 0 Å². The Morgan fingerprint density at radius 1 is 0.347 bits per heavy atom. The van der Waals surface area contributed by atoms with Crippen molar-refractivity contribution in [2.24, 2.45) is 0 Å². The molecule has 3 nitrogen and oxygen atoms in total. The Morgan fingerprint density at radius 3 is 1.73 bits per heavy atom. The van der Waals surface area contributed by atoms with Crippen molar-refractivity contribution < 1.29 is 8.83 Å². The van der Waals surface area contributed by atoms with E-state index in [0.29, 0.717) is 0 Å². The highest BCUT2D eigenvalue weighted by molar-refractivity contribution is 6.14. The van der Waals surface area contributed by atoms with Crippen LogP contribution in [0.3, 0.4) is 0 Å². The molecular weight excluding hydrogens is 599 g/mol. The normalized spacial score (nSPS) is 11.7. The number of benzene rings is 8. The largest absolute Gasteiger partial charge is 0.456 e. The lowest BCUT2D eigenvalue weighted by molar-refractivity contribution is 0.669. The zero-order valence-electron chi connectivity index (χ0n) is 26.5. The number of hydrogen-bond acceptors (Lipinski definition) is 3. The van der Waals surface area contributed by atoms with Gasteiger partial charge < -0.3 is 13.7 Å². The molecule has 49 heavy (non-hydrogen) atoms. The molecule has 0 unspecified atom stereocenters. The smallest absolute Gasteiger partial charge is 0.160 e. The van der Waals surface area contributed by atoms with E-state index < -0.39 is 0 Å². The van der Waals surface area contributed by atoms with Crippen molar-refractivity contribution in [3.8, 4) is 22.3 Å². The van der Waals surface area contributed by atoms with Crippen LogP contribution >= 0.6 is 0 Å². The average Bonchev–Trinajstić information content (AvgIpc) is 3.74. The van der Waals surface area contributed by atoms with Gasteiger partial charge in [-0.1, -0.05) is 121 Å². The summed E-state index contributed by atoms with van der Waals surface area (Å²) >= 11 is 0. The molecule has 0 fully saturated rings. The lowest BCUT2D eigenvalue weighted by atomic mass is 9.98. The Balaban J connectivity index is 1.27. The first kappa shape index (κ1) is 27.5. The predicted molar refractivity (Wildman–Crippen MR) is 204 cm³/mol. The molecule has 230 valence electrons. The molecule has 0 N–H and O–H groups in total. The second-order valence-corrected chi connectivity index (χ2v) is 12.5. The lowest BCUT2D eigenvalue weighted by Gasteiger charge is -2.28. The summed E-state index contributed by atoms with van der Waals surface area (Å²) in [5.74, 6) is 0. The molecule has 10 aromatic rings. The van der Waals surface area contributed by atoms with Crippen LogP contribution in [0.5, 0.6) is 0 Å². The van der Waals surface area contributed by atoms with Crippen LogP contribution in [0.15, 0.2) is 185 Å².